The first kappa shape index (κ1) is 13.3. The van der Waals surface area contributed by atoms with Crippen LogP contribution in [0.3, 0.4) is 0 Å². The van der Waals surface area contributed by atoms with E-state index < -0.39 is 12.0 Å². The summed E-state index contributed by atoms with van der Waals surface area (Å²) >= 11 is 3.39. The fraction of sp³-hybridized carbons (Fsp3) is 0.429. The Balaban J connectivity index is 2.27. The molecular weight excluding hydrogens is 294 g/mol. The highest BCUT2D eigenvalue weighted by molar-refractivity contribution is 9.10. The number of nitrogens with zero attached hydrogens (tertiary/aromatic N) is 1. The van der Waals surface area contributed by atoms with Crippen LogP contribution in [0.25, 0.3) is 0 Å². The van der Waals surface area contributed by atoms with Crippen molar-refractivity contribution in [2.45, 2.75) is 25.4 Å². The molecule has 1 aliphatic rings. The number of benzene rings is 1. The molecule has 18 heavy (non-hydrogen) atoms. The zero-order valence-electron chi connectivity index (χ0n) is 10.1. The molecule has 1 aliphatic heterocycles. The molecule has 94 valence electrons. The first-order valence-corrected chi connectivity index (χ1v) is 6.74. The lowest BCUT2D eigenvalue weighted by atomic mass is 9.88. The standard InChI is InChI=1S/C14H14BrNO2/c1-9-6-7-18-14(9)13(17)11(8-16)10-4-2-3-5-12(10)15/h2-5,9,11,14H,6-7H2,1H3. The van der Waals surface area contributed by atoms with Gasteiger partial charge >= 0.3 is 0 Å². The number of halogens is 1. The minimum atomic E-state index is -0.758. The number of carbonyl (C=O) groups is 1. The number of carbonyl (C=O) groups excluding carboxylic acids is 1. The van der Waals surface area contributed by atoms with Gasteiger partial charge in [0.05, 0.1) is 6.07 Å². The summed E-state index contributed by atoms with van der Waals surface area (Å²) in [5.41, 5.74) is 0.715. The van der Waals surface area contributed by atoms with Gasteiger partial charge in [-0.1, -0.05) is 41.1 Å². The number of nitriles is 1. The van der Waals surface area contributed by atoms with E-state index in [1.807, 2.05) is 25.1 Å². The Morgan fingerprint density at radius 2 is 2.28 bits per heavy atom. The van der Waals surface area contributed by atoms with Crippen LogP contribution in [0.15, 0.2) is 28.7 Å². The van der Waals surface area contributed by atoms with Crippen LogP contribution in [-0.2, 0) is 9.53 Å². The fourth-order valence-electron chi connectivity index (χ4n) is 2.22. The molecule has 2 rings (SSSR count). The molecule has 0 amide bonds. The predicted molar refractivity (Wildman–Crippen MR) is 71.0 cm³/mol. The van der Waals surface area contributed by atoms with E-state index in [-0.39, 0.29) is 11.7 Å². The lowest BCUT2D eigenvalue weighted by Gasteiger charge is -2.17. The molecule has 0 aliphatic carbocycles. The third-order valence-corrected chi connectivity index (χ3v) is 4.02. The van der Waals surface area contributed by atoms with E-state index in [1.165, 1.54) is 0 Å². The maximum absolute atomic E-state index is 12.4. The Bertz CT molecular complexity index is 495. The van der Waals surface area contributed by atoms with Crippen molar-refractivity contribution in [2.75, 3.05) is 6.61 Å². The summed E-state index contributed by atoms with van der Waals surface area (Å²) in [5.74, 6) is -0.698. The van der Waals surface area contributed by atoms with Gasteiger partial charge in [0, 0.05) is 11.1 Å². The van der Waals surface area contributed by atoms with Crippen molar-refractivity contribution >= 4 is 21.7 Å². The van der Waals surface area contributed by atoms with Gasteiger partial charge in [-0.3, -0.25) is 4.79 Å². The van der Waals surface area contributed by atoms with Gasteiger partial charge in [0.25, 0.3) is 0 Å². The Morgan fingerprint density at radius 1 is 1.56 bits per heavy atom. The third kappa shape index (κ3) is 2.47. The highest BCUT2D eigenvalue weighted by Gasteiger charge is 2.36. The summed E-state index contributed by atoms with van der Waals surface area (Å²) < 4.78 is 6.24. The van der Waals surface area contributed by atoms with E-state index in [9.17, 15) is 10.1 Å². The molecule has 1 saturated heterocycles. The van der Waals surface area contributed by atoms with Crippen molar-refractivity contribution in [3.8, 4) is 6.07 Å². The van der Waals surface area contributed by atoms with Crippen LogP contribution in [-0.4, -0.2) is 18.5 Å². The van der Waals surface area contributed by atoms with Crippen molar-refractivity contribution in [2.24, 2.45) is 5.92 Å². The van der Waals surface area contributed by atoms with E-state index >= 15 is 0 Å². The van der Waals surface area contributed by atoms with E-state index in [0.29, 0.717) is 12.2 Å². The van der Waals surface area contributed by atoms with E-state index in [1.54, 1.807) is 6.07 Å². The Kier molecular flexibility index (Phi) is 4.15. The number of rotatable bonds is 3. The Hall–Kier alpha value is -1.18. The Morgan fingerprint density at radius 3 is 2.83 bits per heavy atom. The molecule has 1 aromatic carbocycles. The zero-order chi connectivity index (χ0) is 13.1. The molecule has 4 heteroatoms. The molecule has 1 fully saturated rings. The fourth-order valence-corrected chi connectivity index (χ4v) is 2.73. The van der Waals surface area contributed by atoms with Crippen LogP contribution in [0.4, 0.5) is 0 Å². The van der Waals surface area contributed by atoms with Gasteiger partial charge in [-0.2, -0.15) is 5.26 Å². The first-order valence-electron chi connectivity index (χ1n) is 5.94. The van der Waals surface area contributed by atoms with Gasteiger partial charge in [-0.15, -0.1) is 0 Å². The van der Waals surface area contributed by atoms with E-state index in [2.05, 4.69) is 22.0 Å². The maximum atomic E-state index is 12.4. The summed E-state index contributed by atoms with van der Waals surface area (Å²) in [5, 5.41) is 9.27. The van der Waals surface area contributed by atoms with Gasteiger partial charge in [-0.05, 0) is 24.0 Å². The van der Waals surface area contributed by atoms with Crippen LogP contribution in [0, 0.1) is 17.2 Å². The molecule has 0 radical (unpaired) electrons. The number of ketones is 1. The molecule has 0 N–H and O–H groups in total. The molecule has 3 atom stereocenters. The normalized spacial score (nSPS) is 24.5. The van der Waals surface area contributed by atoms with Crippen LogP contribution < -0.4 is 0 Å². The van der Waals surface area contributed by atoms with Crippen LogP contribution in [0.5, 0.6) is 0 Å². The summed E-state index contributed by atoms with van der Waals surface area (Å²) in [6.45, 7) is 2.59. The zero-order valence-corrected chi connectivity index (χ0v) is 11.7. The molecule has 0 saturated carbocycles. The average Bonchev–Trinajstić information content (AvgIpc) is 2.78. The van der Waals surface area contributed by atoms with Gasteiger partial charge in [0.1, 0.15) is 12.0 Å². The molecule has 0 aromatic heterocycles. The minimum Gasteiger partial charge on any atom is -0.370 e. The summed E-state index contributed by atoms with van der Waals surface area (Å²) in [4.78, 5) is 12.4. The number of Topliss-reactive ketones (excluding diaryl/α,β-unsaturated/α-hetero) is 1. The second kappa shape index (κ2) is 5.64. The summed E-state index contributed by atoms with van der Waals surface area (Å²) in [7, 11) is 0. The number of hydrogen-bond donors (Lipinski definition) is 0. The second-order valence-electron chi connectivity index (χ2n) is 4.54. The highest BCUT2D eigenvalue weighted by atomic mass is 79.9. The van der Waals surface area contributed by atoms with Crippen molar-refractivity contribution < 1.29 is 9.53 Å². The largest absolute Gasteiger partial charge is 0.370 e. The number of hydrogen-bond acceptors (Lipinski definition) is 3. The van der Waals surface area contributed by atoms with Crippen molar-refractivity contribution in [3.63, 3.8) is 0 Å². The molecule has 0 spiro atoms. The van der Waals surface area contributed by atoms with Crippen molar-refractivity contribution in [3.05, 3.63) is 34.3 Å². The topological polar surface area (TPSA) is 50.1 Å². The molecule has 3 unspecified atom stereocenters. The number of ether oxygens (including phenoxy) is 1. The van der Waals surface area contributed by atoms with Crippen LogP contribution in [0.2, 0.25) is 0 Å². The monoisotopic (exact) mass is 307 g/mol. The quantitative estimate of drug-likeness (QED) is 0.862. The molecular formula is C14H14BrNO2. The summed E-state index contributed by atoms with van der Waals surface area (Å²) in [6.07, 6.45) is 0.437. The molecule has 1 heterocycles. The van der Waals surface area contributed by atoms with Crippen molar-refractivity contribution in [1.29, 1.82) is 5.26 Å². The SMILES string of the molecule is CC1CCOC1C(=O)C(C#N)c1ccccc1Br. The molecule has 1 aromatic rings. The van der Waals surface area contributed by atoms with E-state index in [4.69, 9.17) is 4.74 Å². The van der Waals surface area contributed by atoms with Gasteiger partial charge in [0.15, 0.2) is 5.78 Å². The lowest BCUT2D eigenvalue weighted by Crippen LogP contribution is -2.30. The third-order valence-electron chi connectivity index (χ3n) is 3.30. The van der Waals surface area contributed by atoms with Crippen molar-refractivity contribution in [1.82, 2.24) is 0 Å². The van der Waals surface area contributed by atoms with Gasteiger partial charge in [0.2, 0.25) is 0 Å². The van der Waals surface area contributed by atoms with Crippen LogP contribution in [0.1, 0.15) is 24.8 Å². The predicted octanol–water partition coefficient (Wildman–Crippen LogP) is 3.05. The second-order valence-corrected chi connectivity index (χ2v) is 5.40. The first-order chi connectivity index (χ1) is 8.65. The average molecular weight is 308 g/mol. The van der Waals surface area contributed by atoms with Gasteiger partial charge in [-0.25, -0.2) is 0 Å². The van der Waals surface area contributed by atoms with Crippen LogP contribution >= 0.6 is 15.9 Å². The van der Waals surface area contributed by atoms with E-state index in [0.717, 1.165) is 10.9 Å². The lowest BCUT2D eigenvalue weighted by molar-refractivity contribution is -0.129. The Labute approximate surface area is 115 Å². The minimum absolute atomic E-state index is 0.130. The molecule has 3 nitrogen and oxygen atoms in total. The highest BCUT2D eigenvalue weighted by Crippen LogP contribution is 2.30. The van der Waals surface area contributed by atoms with Gasteiger partial charge < -0.3 is 4.74 Å². The molecule has 0 bridgehead atoms. The maximum Gasteiger partial charge on any atom is 0.183 e. The smallest absolute Gasteiger partial charge is 0.183 e. The summed E-state index contributed by atoms with van der Waals surface area (Å²) in [6, 6.07) is 9.43.